The van der Waals surface area contributed by atoms with E-state index in [1.165, 1.54) is 67.5 Å². The lowest BCUT2D eigenvalue weighted by atomic mass is 10.0. The number of aromatic nitrogens is 2. The molecule has 0 spiro atoms. The zero-order valence-electron chi connectivity index (χ0n) is 16.0. The fourth-order valence-corrected chi connectivity index (χ4v) is 5.25. The largest absolute Gasteiger partial charge is 0.299 e. The smallest absolute Gasteiger partial charge is 0.0651 e. The van der Waals surface area contributed by atoms with Crippen LogP contribution in [0.1, 0.15) is 29.8 Å². The molecule has 5 heteroatoms. The second kappa shape index (κ2) is 8.15. The lowest BCUT2D eigenvalue weighted by Gasteiger charge is -2.40. The minimum absolute atomic E-state index is 0.813. The van der Waals surface area contributed by atoms with Gasteiger partial charge in [0.25, 0.3) is 0 Å². The molecule has 1 aromatic heterocycles. The first-order chi connectivity index (χ1) is 12.7. The van der Waals surface area contributed by atoms with Gasteiger partial charge in [-0.1, -0.05) is 12.1 Å². The summed E-state index contributed by atoms with van der Waals surface area (Å²) in [5.74, 6) is 2.64. The van der Waals surface area contributed by atoms with E-state index in [-0.39, 0.29) is 0 Å². The van der Waals surface area contributed by atoms with Crippen LogP contribution in [0.2, 0.25) is 0 Å². The van der Waals surface area contributed by atoms with Crippen molar-refractivity contribution in [2.45, 2.75) is 39.3 Å². The summed E-state index contributed by atoms with van der Waals surface area (Å²) in [6, 6.07) is 11.8. The Labute approximate surface area is 161 Å². The number of thioether (sulfide) groups is 1. The molecule has 0 amide bonds. The minimum atomic E-state index is 0.813. The maximum Gasteiger partial charge on any atom is 0.0651 e. The fourth-order valence-electron chi connectivity index (χ4n) is 4.32. The van der Waals surface area contributed by atoms with Gasteiger partial charge >= 0.3 is 0 Å². The van der Waals surface area contributed by atoms with Crippen LogP contribution in [0, 0.1) is 13.8 Å². The molecule has 140 valence electrons. The van der Waals surface area contributed by atoms with Crippen molar-refractivity contribution >= 4 is 11.8 Å². The van der Waals surface area contributed by atoms with Gasteiger partial charge in [-0.3, -0.25) is 9.80 Å². The van der Waals surface area contributed by atoms with E-state index < -0.39 is 0 Å². The fraction of sp³-hybridized carbons (Fsp3) is 0.571. The Morgan fingerprint density at radius 3 is 2.50 bits per heavy atom. The normalized spacial score (nSPS) is 20.5. The Morgan fingerprint density at radius 1 is 1.04 bits per heavy atom. The summed E-state index contributed by atoms with van der Waals surface area (Å²) in [5, 5.41) is 4.63. The van der Waals surface area contributed by atoms with Crippen LogP contribution < -0.4 is 0 Å². The highest BCUT2D eigenvalue weighted by Gasteiger charge is 2.25. The molecule has 0 bridgehead atoms. The second-order valence-corrected chi connectivity index (χ2v) is 8.89. The Hall–Kier alpha value is -1.30. The van der Waals surface area contributed by atoms with E-state index in [0.717, 1.165) is 18.3 Å². The third-order valence-electron chi connectivity index (χ3n) is 5.69. The average Bonchev–Trinajstić information content (AvgIpc) is 3.01. The third kappa shape index (κ3) is 4.16. The molecule has 3 heterocycles. The van der Waals surface area contributed by atoms with Crippen LogP contribution in [0.5, 0.6) is 0 Å². The van der Waals surface area contributed by atoms with Gasteiger partial charge in [-0.25, -0.2) is 4.68 Å². The van der Waals surface area contributed by atoms with Crippen molar-refractivity contribution in [1.82, 2.24) is 19.6 Å². The molecule has 4 rings (SSSR count). The Balaban J connectivity index is 1.36. The van der Waals surface area contributed by atoms with Crippen LogP contribution in [0.25, 0.3) is 5.69 Å². The number of rotatable bonds is 4. The summed E-state index contributed by atoms with van der Waals surface area (Å²) in [4.78, 5) is 5.35. The quantitative estimate of drug-likeness (QED) is 0.822. The van der Waals surface area contributed by atoms with Crippen LogP contribution in [-0.2, 0) is 6.54 Å². The van der Waals surface area contributed by atoms with Crippen molar-refractivity contribution in [1.29, 1.82) is 0 Å². The van der Waals surface area contributed by atoms with Crippen LogP contribution in [0.15, 0.2) is 30.3 Å². The number of piperidine rings is 1. The van der Waals surface area contributed by atoms with E-state index in [9.17, 15) is 0 Å². The van der Waals surface area contributed by atoms with Crippen molar-refractivity contribution in [2.75, 3.05) is 37.7 Å². The standard InChI is InChI=1S/C21H30N4S/c1-17-14-18(2)25(22-17)21-5-3-4-19(15-21)16-23-8-6-20(7-9-23)24-10-12-26-13-11-24/h3-5,14-15,20H,6-13,16H2,1-2H3. The molecule has 0 aliphatic carbocycles. The van der Waals surface area contributed by atoms with Gasteiger partial charge in [0.15, 0.2) is 0 Å². The third-order valence-corrected chi connectivity index (χ3v) is 6.63. The van der Waals surface area contributed by atoms with Crippen molar-refractivity contribution < 1.29 is 0 Å². The number of hydrogen-bond acceptors (Lipinski definition) is 4. The topological polar surface area (TPSA) is 24.3 Å². The zero-order chi connectivity index (χ0) is 17.9. The maximum absolute atomic E-state index is 4.63. The van der Waals surface area contributed by atoms with Gasteiger partial charge in [-0.2, -0.15) is 16.9 Å². The summed E-state index contributed by atoms with van der Waals surface area (Å²) >= 11 is 2.11. The summed E-state index contributed by atoms with van der Waals surface area (Å²) in [6.07, 6.45) is 2.64. The first kappa shape index (κ1) is 18.1. The summed E-state index contributed by atoms with van der Waals surface area (Å²) in [6.45, 7) is 10.3. The Kier molecular flexibility index (Phi) is 5.67. The first-order valence-corrected chi connectivity index (χ1v) is 11.0. The van der Waals surface area contributed by atoms with Crippen LogP contribution in [0.3, 0.4) is 0 Å². The van der Waals surface area contributed by atoms with Crippen LogP contribution >= 0.6 is 11.8 Å². The highest BCUT2D eigenvalue weighted by molar-refractivity contribution is 7.99. The molecular formula is C21H30N4S. The molecule has 0 radical (unpaired) electrons. The van der Waals surface area contributed by atoms with Gasteiger partial charge in [0.05, 0.1) is 11.4 Å². The number of hydrogen-bond donors (Lipinski definition) is 0. The number of aryl methyl sites for hydroxylation is 2. The molecule has 26 heavy (non-hydrogen) atoms. The van der Waals surface area contributed by atoms with Gasteiger partial charge in [-0.05, 0) is 63.5 Å². The number of nitrogens with zero attached hydrogens (tertiary/aromatic N) is 4. The van der Waals surface area contributed by atoms with Crippen molar-refractivity contribution in [3.8, 4) is 5.69 Å². The van der Waals surface area contributed by atoms with Gasteiger partial charge in [0.2, 0.25) is 0 Å². The minimum Gasteiger partial charge on any atom is -0.299 e. The highest BCUT2D eigenvalue weighted by Crippen LogP contribution is 2.22. The molecule has 2 aliphatic heterocycles. The number of benzene rings is 1. The monoisotopic (exact) mass is 370 g/mol. The molecular weight excluding hydrogens is 340 g/mol. The summed E-state index contributed by atoms with van der Waals surface area (Å²) in [7, 11) is 0. The van der Waals surface area contributed by atoms with E-state index in [2.05, 4.69) is 75.5 Å². The molecule has 4 nitrogen and oxygen atoms in total. The van der Waals surface area contributed by atoms with E-state index in [0.29, 0.717) is 0 Å². The predicted octanol–water partition coefficient (Wildman–Crippen LogP) is 3.50. The molecule has 0 atom stereocenters. The molecule has 2 saturated heterocycles. The maximum atomic E-state index is 4.63. The molecule has 1 aromatic carbocycles. The van der Waals surface area contributed by atoms with E-state index in [4.69, 9.17) is 0 Å². The van der Waals surface area contributed by atoms with Crippen molar-refractivity contribution in [2.24, 2.45) is 0 Å². The Morgan fingerprint density at radius 2 is 1.81 bits per heavy atom. The summed E-state index contributed by atoms with van der Waals surface area (Å²) in [5.41, 5.74) is 4.84. The lowest BCUT2D eigenvalue weighted by molar-refractivity contribution is 0.112. The SMILES string of the molecule is Cc1cc(C)n(-c2cccc(CN3CCC(N4CCSCC4)CC3)c2)n1. The van der Waals surface area contributed by atoms with Gasteiger partial charge in [0, 0.05) is 42.9 Å². The molecule has 0 unspecified atom stereocenters. The van der Waals surface area contributed by atoms with Crippen LogP contribution in [-0.4, -0.2) is 63.3 Å². The highest BCUT2D eigenvalue weighted by atomic mass is 32.2. The van der Waals surface area contributed by atoms with Gasteiger partial charge < -0.3 is 0 Å². The number of likely N-dealkylation sites (tertiary alicyclic amines) is 1. The molecule has 2 fully saturated rings. The average molecular weight is 371 g/mol. The van der Waals surface area contributed by atoms with E-state index >= 15 is 0 Å². The van der Waals surface area contributed by atoms with Crippen molar-refractivity contribution in [3.05, 3.63) is 47.3 Å². The molecule has 0 N–H and O–H groups in total. The van der Waals surface area contributed by atoms with Gasteiger partial charge in [-0.15, -0.1) is 0 Å². The lowest BCUT2D eigenvalue weighted by Crippen LogP contribution is -2.47. The molecule has 2 aliphatic rings. The molecule has 2 aromatic rings. The zero-order valence-corrected chi connectivity index (χ0v) is 16.8. The second-order valence-electron chi connectivity index (χ2n) is 7.66. The Bertz CT molecular complexity index is 727. The van der Waals surface area contributed by atoms with E-state index in [1.54, 1.807) is 0 Å². The first-order valence-electron chi connectivity index (χ1n) is 9.86. The predicted molar refractivity (Wildman–Crippen MR) is 110 cm³/mol. The molecule has 0 saturated carbocycles. The van der Waals surface area contributed by atoms with E-state index in [1.807, 2.05) is 0 Å². The van der Waals surface area contributed by atoms with Crippen LogP contribution in [0.4, 0.5) is 0 Å². The summed E-state index contributed by atoms with van der Waals surface area (Å²) < 4.78 is 2.05. The van der Waals surface area contributed by atoms with Gasteiger partial charge in [0.1, 0.15) is 0 Å². The van der Waals surface area contributed by atoms with Crippen molar-refractivity contribution in [3.63, 3.8) is 0 Å².